The number of benzene rings is 2. The number of carbonyl (C=O) groups is 1. The first-order valence-electron chi connectivity index (χ1n) is 8.40. The zero-order valence-electron chi connectivity index (χ0n) is 14.9. The lowest BCUT2D eigenvalue weighted by molar-refractivity contribution is -0.116. The number of anilines is 1. The molecule has 26 heavy (non-hydrogen) atoms. The lowest BCUT2D eigenvalue weighted by Gasteiger charge is -2.20. The van der Waals surface area contributed by atoms with Gasteiger partial charge in [-0.3, -0.25) is 4.79 Å². The summed E-state index contributed by atoms with van der Waals surface area (Å²) in [6, 6.07) is 18.9. The minimum Gasteiger partial charge on any atom is -0.497 e. The van der Waals surface area contributed by atoms with Crippen molar-refractivity contribution in [3.05, 3.63) is 78.6 Å². The standard InChI is InChI=1S/C21H22N2O3/c1-25-18-9-5-7-16(13-18)20(23-11-3-4-12-23)15-21(24)22-17-8-6-10-19(14-17)26-2/h3-14,20H,15H2,1-2H3,(H,22,24)/t20-/m0/s1. The predicted octanol–water partition coefficient (Wildman–Crippen LogP) is 4.12. The van der Waals surface area contributed by atoms with Crippen LogP contribution in [0.2, 0.25) is 0 Å². The lowest BCUT2D eigenvalue weighted by Crippen LogP contribution is -2.19. The molecule has 5 heteroatoms. The molecule has 2 aromatic carbocycles. The van der Waals surface area contributed by atoms with Crippen molar-refractivity contribution >= 4 is 11.6 Å². The number of aromatic nitrogens is 1. The molecule has 0 aliphatic rings. The van der Waals surface area contributed by atoms with Crippen LogP contribution in [0.25, 0.3) is 0 Å². The quantitative estimate of drug-likeness (QED) is 0.697. The summed E-state index contributed by atoms with van der Waals surface area (Å²) in [6.45, 7) is 0. The number of methoxy groups -OCH3 is 2. The van der Waals surface area contributed by atoms with Gasteiger partial charge in [0, 0.05) is 24.1 Å². The second-order valence-corrected chi connectivity index (χ2v) is 5.91. The Labute approximate surface area is 153 Å². The van der Waals surface area contributed by atoms with E-state index >= 15 is 0 Å². The molecule has 0 fully saturated rings. The van der Waals surface area contributed by atoms with Crippen LogP contribution in [0.15, 0.2) is 73.1 Å². The summed E-state index contributed by atoms with van der Waals surface area (Å²) in [6.07, 6.45) is 4.23. The first kappa shape index (κ1) is 17.6. The lowest BCUT2D eigenvalue weighted by atomic mass is 10.0. The highest BCUT2D eigenvalue weighted by molar-refractivity contribution is 5.91. The normalized spacial score (nSPS) is 11.6. The maximum atomic E-state index is 12.6. The molecule has 5 nitrogen and oxygen atoms in total. The van der Waals surface area contributed by atoms with E-state index in [4.69, 9.17) is 9.47 Å². The topological polar surface area (TPSA) is 52.5 Å². The van der Waals surface area contributed by atoms with E-state index in [1.807, 2.05) is 71.6 Å². The molecule has 0 spiro atoms. The molecule has 134 valence electrons. The fraction of sp³-hybridized carbons (Fsp3) is 0.190. The molecular weight excluding hydrogens is 328 g/mol. The summed E-state index contributed by atoms with van der Waals surface area (Å²) in [7, 11) is 3.24. The molecule has 0 unspecified atom stereocenters. The summed E-state index contributed by atoms with van der Waals surface area (Å²) in [5.41, 5.74) is 1.73. The van der Waals surface area contributed by atoms with Crippen LogP contribution < -0.4 is 14.8 Å². The average molecular weight is 350 g/mol. The van der Waals surface area contributed by atoms with Gasteiger partial charge in [0.15, 0.2) is 0 Å². The van der Waals surface area contributed by atoms with Gasteiger partial charge in [-0.1, -0.05) is 18.2 Å². The van der Waals surface area contributed by atoms with Gasteiger partial charge < -0.3 is 19.4 Å². The number of hydrogen-bond donors (Lipinski definition) is 1. The third-order valence-electron chi connectivity index (χ3n) is 4.20. The van der Waals surface area contributed by atoms with Gasteiger partial charge in [-0.25, -0.2) is 0 Å². The third kappa shape index (κ3) is 4.25. The van der Waals surface area contributed by atoms with E-state index < -0.39 is 0 Å². The summed E-state index contributed by atoms with van der Waals surface area (Å²) in [5.74, 6) is 1.41. The highest BCUT2D eigenvalue weighted by Gasteiger charge is 2.18. The molecule has 1 heterocycles. The highest BCUT2D eigenvalue weighted by Crippen LogP contribution is 2.26. The zero-order chi connectivity index (χ0) is 18.4. The molecule has 0 aliphatic heterocycles. The molecule has 0 saturated heterocycles. The van der Waals surface area contributed by atoms with E-state index in [2.05, 4.69) is 5.32 Å². The molecule has 0 radical (unpaired) electrons. The van der Waals surface area contributed by atoms with Crippen molar-refractivity contribution in [1.82, 2.24) is 4.57 Å². The number of rotatable bonds is 7. The van der Waals surface area contributed by atoms with E-state index in [0.29, 0.717) is 17.9 Å². The minimum absolute atomic E-state index is 0.0697. The van der Waals surface area contributed by atoms with Crippen LogP contribution in [-0.4, -0.2) is 24.7 Å². The molecule has 1 atom stereocenters. The molecule has 1 N–H and O–H groups in total. The number of amides is 1. The van der Waals surface area contributed by atoms with Gasteiger partial charge in [0.25, 0.3) is 0 Å². The molecule has 0 bridgehead atoms. The van der Waals surface area contributed by atoms with E-state index in [1.54, 1.807) is 20.3 Å². The van der Waals surface area contributed by atoms with E-state index in [-0.39, 0.29) is 11.9 Å². The van der Waals surface area contributed by atoms with Crippen LogP contribution in [0.1, 0.15) is 18.0 Å². The second-order valence-electron chi connectivity index (χ2n) is 5.91. The van der Waals surface area contributed by atoms with E-state index in [0.717, 1.165) is 11.3 Å². The Morgan fingerprint density at radius 3 is 2.31 bits per heavy atom. The predicted molar refractivity (Wildman–Crippen MR) is 102 cm³/mol. The van der Waals surface area contributed by atoms with Crippen molar-refractivity contribution in [2.75, 3.05) is 19.5 Å². The van der Waals surface area contributed by atoms with Gasteiger partial charge in [0.2, 0.25) is 5.91 Å². The summed E-state index contributed by atoms with van der Waals surface area (Å²) >= 11 is 0. The Hall–Kier alpha value is -3.21. The van der Waals surface area contributed by atoms with Gasteiger partial charge >= 0.3 is 0 Å². The van der Waals surface area contributed by atoms with Crippen LogP contribution in [0, 0.1) is 0 Å². The fourth-order valence-corrected chi connectivity index (χ4v) is 2.89. The van der Waals surface area contributed by atoms with Crippen molar-refractivity contribution in [2.45, 2.75) is 12.5 Å². The highest BCUT2D eigenvalue weighted by atomic mass is 16.5. The van der Waals surface area contributed by atoms with E-state index in [9.17, 15) is 4.79 Å². The smallest absolute Gasteiger partial charge is 0.226 e. The van der Waals surface area contributed by atoms with Gasteiger partial charge in [-0.05, 0) is 42.0 Å². The Balaban J connectivity index is 1.80. The SMILES string of the molecule is COc1cccc(NC(=O)C[C@@H](c2cccc(OC)c2)n2cccc2)c1. The second kappa shape index (κ2) is 8.25. The first-order valence-corrected chi connectivity index (χ1v) is 8.40. The monoisotopic (exact) mass is 350 g/mol. The number of hydrogen-bond acceptors (Lipinski definition) is 3. The van der Waals surface area contributed by atoms with Gasteiger partial charge in [-0.15, -0.1) is 0 Å². The number of carbonyl (C=O) groups excluding carboxylic acids is 1. The van der Waals surface area contributed by atoms with E-state index in [1.165, 1.54) is 0 Å². The fourth-order valence-electron chi connectivity index (χ4n) is 2.89. The number of ether oxygens (including phenoxy) is 2. The Morgan fingerprint density at radius 2 is 1.62 bits per heavy atom. The van der Waals surface area contributed by atoms with Gasteiger partial charge in [-0.2, -0.15) is 0 Å². The summed E-state index contributed by atoms with van der Waals surface area (Å²) in [5, 5.41) is 2.94. The Bertz CT molecular complexity index is 859. The van der Waals surface area contributed by atoms with Crippen molar-refractivity contribution in [1.29, 1.82) is 0 Å². The molecule has 0 saturated carbocycles. The van der Waals surface area contributed by atoms with Crippen molar-refractivity contribution in [3.8, 4) is 11.5 Å². The maximum Gasteiger partial charge on any atom is 0.226 e. The molecule has 3 rings (SSSR count). The average Bonchev–Trinajstić information content (AvgIpc) is 3.20. The Morgan fingerprint density at radius 1 is 0.962 bits per heavy atom. The maximum absolute atomic E-state index is 12.6. The molecule has 1 amide bonds. The van der Waals surface area contributed by atoms with Crippen molar-refractivity contribution < 1.29 is 14.3 Å². The van der Waals surface area contributed by atoms with Crippen molar-refractivity contribution in [3.63, 3.8) is 0 Å². The zero-order valence-corrected chi connectivity index (χ0v) is 14.9. The van der Waals surface area contributed by atoms with Crippen LogP contribution in [0.4, 0.5) is 5.69 Å². The van der Waals surface area contributed by atoms with Crippen LogP contribution >= 0.6 is 0 Å². The first-order chi connectivity index (χ1) is 12.7. The largest absolute Gasteiger partial charge is 0.497 e. The van der Waals surface area contributed by atoms with Crippen molar-refractivity contribution in [2.24, 2.45) is 0 Å². The molecule has 0 aliphatic carbocycles. The number of nitrogens with zero attached hydrogens (tertiary/aromatic N) is 1. The molecule has 3 aromatic rings. The van der Waals surface area contributed by atoms with Gasteiger partial charge in [0.1, 0.15) is 11.5 Å². The summed E-state index contributed by atoms with van der Waals surface area (Å²) in [4.78, 5) is 12.6. The Kier molecular flexibility index (Phi) is 5.59. The van der Waals surface area contributed by atoms with Crippen LogP contribution in [-0.2, 0) is 4.79 Å². The minimum atomic E-state index is -0.120. The molecular formula is C21H22N2O3. The molecule has 1 aromatic heterocycles. The van der Waals surface area contributed by atoms with Crippen LogP contribution in [0.5, 0.6) is 11.5 Å². The van der Waals surface area contributed by atoms with Gasteiger partial charge in [0.05, 0.1) is 26.7 Å². The summed E-state index contributed by atoms with van der Waals surface area (Å²) < 4.78 is 12.6. The van der Waals surface area contributed by atoms with Crippen LogP contribution in [0.3, 0.4) is 0 Å². The number of nitrogens with one attached hydrogen (secondary N) is 1. The third-order valence-corrected chi connectivity index (χ3v) is 4.20.